The third kappa shape index (κ3) is 6.83. The zero-order chi connectivity index (χ0) is 20.8. The highest BCUT2D eigenvalue weighted by atomic mass is 35.5. The zero-order valence-electron chi connectivity index (χ0n) is 17.9. The minimum absolute atomic E-state index is 0. The number of benzene rings is 3. The van der Waals surface area contributed by atoms with E-state index in [-0.39, 0.29) is 36.4 Å². The first-order chi connectivity index (χ1) is 14.7. The summed E-state index contributed by atoms with van der Waals surface area (Å²) < 4.78 is 26.8. The molecule has 7 heteroatoms. The Bertz CT molecular complexity index is 871. The van der Waals surface area contributed by atoms with Crippen LogP contribution in [0.5, 0.6) is 0 Å². The van der Waals surface area contributed by atoms with Crippen molar-refractivity contribution in [2.24, 2.45) is 0 Å². The molecule has 1 saturated heterocycles. The van der Waals surface area contributed by atoms with Crippen LogP contribution in [0.3, 0.4) is 0 Å². The van der Waals surface area contributed by atoms with Gasteiger partial charge in [0.1, 0.15) is 11.6 Å². The number of hydrogen-bond donors (Lipinski definition) is 0. The lowest BCUT2D eigenvalue weighted by Crippen LogP contribution is -2.47. The quantitative estimate of drug-likeness (QED) is 0.401. The third-order valence-corrected chi connectivity index (χ3v) is 5.63. The van der Waals surface area contributed by atoms with Crippen molar-refractivity contribution in [3.8, 4) is 0 Å². The predicted octanol–water partition coefficient (Wildman–Crippen LogP) is 6.16. The Morgan fingerprint density at radius 1 is 0.656 bits per heavy atom. The molecular weight excluding hydrogens is 451 g/mol. The normalized spacial score (nSPS) is 13.8. The van der Waals surface area contributed by atoms with E-state index in [4.69, 9.17) is 0 Å². The number of rotatable bonds is 7. The fourth-order valence-corrected chi connectivity index (χ4v) is 3.97. The van der Waals surface area contributed by atoms with Gasteiger partial charge in [0.05, 0.1) is 0 Å². The SMILES string of the molecule is Cl.Cl.Fc1ccc(N(CCCN2CCN(c3ccccc3)CC2)c2ccc(F)cc2)cc1. The molecule has 0 bridgehead atoms. The Hall–Kier alpha value is -2.34. The highest BCUT2D eigenvalue weighted by Gasteiger charge is 2.17. The van der Waals surface area contributed by atoms with E-state index in [1.165, 1.54) is 30.0 Å². The first-order valence-corrected chi connectivity index (χ1v) is 10.5. The molecule has 0 N–H and O–H groups in total. The van der Waals surface area contributed by atoms with Gasteiger partial charge in [0.25, 0.3) is 0 Å². The Balaban J connectivity index is 0.00000181. The number of nitrogens with zero attached hydrogens (tertiary/aromatic N) is 3. The number of para-hydroxylation sites is 1. The average molecular weight is 480 g/mol. The van der Waals surface area contributed by atoms with Crippen LogP contribution in [-0.4, -0.2) is 44.2 Å². The van der Waals surface area contributed by atoms with Gasteiger partial charge in [-0.05, 0) is 73.6 Å². The Kier molecular flexibility index (Phi) is 10.2. The number of piperazine rings is 1. The molecule has 1 fully saturated rings. The molecule has 0 aromatic heterocycles. The molecule has 0 radical (unpaired) electrons. The number of anilines is 3. The summed E-state index contributed by atoms with van der Waals surface area (Å²) in [5, 5.41) is 0. The van der Waals surface area contributed by atoms with Crippen LogP contribution in [-0.2, 0) is 0 Å². The van der Waals surface area contributed by atoms with E-state index >= 15 is 0 Å². The van der Waals surface area contributed by atoms with Crippen molar-refractivity contribution in [3.63, 3.8) is 0 Å². The molecule has 1 aliphatic rings. The zero-order valence-corrected chi connectivity index (χ0v) is 19.5. The van der Waals surface area contributed by atoms with Gasteiger partial charge in [-0.2, -0.15) is 0 Å². The molecule has 32 heavy (non-hydrogen) atoms. The standard InChI is InChI=1S/C25H27F2N3.2ClH/c26-21-7-11-24(12-8-21)30(25-13-9-22(27)10-14-25)16-4-15-28-17-19-29(20-18-28)23-5-2-1-3-6-23;;/h1-3,5-14H,4,15-20H2;2*1H. The molecule has 3 aromatic rings. The number of halogens is 4. The largest absolute Gasteiger partial charge is 0.369 e. The summed E-state index contributed by atoms with van der Waals surface area (Å²) in [5.41, 5.74) is 3.12. The van der Waals surface area contributed by atoms with Gasteiger partial charge in [0.15, 0.2) is 0 Å². The second-order valence-corrected chi connectivity index (χ2v) is 7.62. The Morgan fingerprint density at radius 2 is 1.16 bits per heavy atom. The molecule has 0 amide bonds. The van der Waals surface area contributed by atoms with Crippen molar-refractivity contribution < 1.29 is 8.78 Å². The molecule has 3 aromatic carbocycles. The van der Waals surface area contributed by atoms with Crippen LogP contribution in [0, 0.1) is 11.6 Å². The van der Waals surface area contributed by atoms with E-state index in [9.17, 15) is 8.78 Å². The van der Waals surface area contributed by atoms with Crippen LogP contribution < -0.4 is 9.80 Å². The van der Waals surface area contributed by atoms with Gasteiger partial charge in [-0.15, -0.1) is 24.8 Å². The Labute approximate surface area is 201 Å². The summed E-state index contributed by atoms with van der Waals surface area (Å²) >= 11 is 0. The monoisotopic (exact) mass is 479 g/mol. The van der Waals surface area contributed by atoms with E-state index in [1.807, 2.05) is 6.07 Å². The molecule has 172 valence electrons. The van der Waals surface area contributed by atoms with Crippen LogP contribution in [0.1, 0.15) is 6.42 Å². The smallest absolute Gasteiger partial charge is 0.123 e. The fraction of sp³-hybridized carbons (Fsp3) is 0.280. The van der Waals surface area contributed by atoms with Crippen LogP contribution in [0.4, 0.5) is 25.8 Å². The van der Waals surface area contributed by atoms with E-state index in [0.717, 1.165) is 57.1 Å². The second kappa shape index (κ2) is 12.6. The highest BCUT2D eigenvalue weighted by Crippen LogP contribution is 2.26. The highest BCUT2D eigenvalue weighted by molar-refractivity contribution is 5.85. The van der Waals surface area contributed by atoms with Gasteiger partial charge >= 0.3 is 0 Å². The maximum Gasteiger partial charge on any atom is 0.123 e. The Morgan fingerprint density at radius 3 is 1.66 bits per heavy atom. The van der Waals surface area contributed by atoms with E-state index < -0.39 is 0 Å². The van der Waals surface area contributed by atoms with Gasteiger partial charge in [0, 0.05) is 49.8 Å². The molecule has 1 heterocycles. The molecule has 3 nitrogen and oxygen atoms in total. The summed E-state index contributed by atoms with van der Waals surface area (Å²) in [6.45, 7) is 5.94. The molecule has 4 rings (SSSR count). The average Bonchev–Trinajstić information content (AvgIpc) is 2.79. The van der Waals surface area contributed by atoms with Crippen molar-refractivity contribution in [2.75, 3.05) is 49.1 Å². The van der Waals surface area contributed by atoms with Crippen molar-refractivity contribution >= 4 is 41.9 Å². The molecule has 0 saturated carbocycles. The van der Waals surface area contributed by atoms with Gasteiger partial charge in [-0.25, -0.2) is 8.78 Å². The summed E-state index contributed by atoms with van der Waals surface area (Å²) in [6.07, 6.45) is 0.972. The lowest BCUT2D eigenvalue weighted by atomic mass is 10.2. The first-order valence-electron chi connectivity index (χ1n) is 10.5. The van der Waals surface area contributed by atoms with Gasteiger partial charge in [0.2, 0.25) is 0 Å². The minimum atomic E-state index is -0.255. The van der Waals surface area contributed by atoms with Gasteiger partial charge < -0.3 is 9.80 Å². The minimum Gasteiger partial charge on any atom is -0.369 e. The molecule has 1 aliphatic heterocycles. The van der Waals surface area contributed by atoms with E-state index in [2.05, 4.69) is 39.0 Å². The second-order valence-electron chi connectivity index (χ2n) is 7.62. The van der Waals surface area contributed by atoms with Crippen molar-refractivity contribution in [2.45, 2.75) is 6.42 Å². The topological polar surface area (TPSA) is 9.72 Å². The lowest BCUT2D eigenvalue weighted by Gasteiger charge is -2.36. The third-order valence-electron chi connectivity index (χ3n) is 5.63. The first kappa shape index (κ1) is 25.9. The van der Waals surface area contributed by atoms with Gasteiger partial charge in [-0.1, -0.05) is 18.2 Å². The molecule has 0 spiro atoms. The van der Waals surface area contributed by atoms with Crippen molar-refractivity contribution in [1.82, 2.24) is 4.90 Å². The van der Waals surface area contributed by atoms with Crippen LogP contribution >= 0.6 is 24.8 Å². The summed E-state index contributed by atoms with van der Waals surface area (Å²) in [5.74, 6) is -0.511. The maximum absolute atomic E-state index is 13.4. The molecule has 0 unspecified atom stereocenters. The lowest BCUT2D eigenvalue weighted by molar-refractivity contribution is 0.256. The fourth-order valence-electron chi connectivity index (χ4n) is 3.97. The van der Waals surface area contributed by atoms with Crippen LogP contribution in [0.15, 0.2) is 78.9 Å². The van der Waals surface area contributed by atoms with E-state index in [0.29, 0.717) is 0 Å². The van der Waals surface area contributed by atoms with E-state index in [1.54, 1.807) is 24.3 Å². The maximum atomic E-state index is 13.4. The summed E-state index contributed by atoms with van der Waals surface area (Å²) in [7, 11) is 0. The number of hydrogen-bond acceptors (Lipinski definition) is 3. The summed E-state index contributed by atoms with van der Waals surface area (Å²) in [4.78, 5) is 7.05. The van der Waals surface area contributed by atoms with Crippen LogP contribution in [0.2, 0.25) is 0 Å². The van der Waals surface area contributed by atoms with Gasteiger partial charge in [-0.3, -0.25) is 4.90 Å². The predicted molar refractivity (Wildman–Crippen MR) is 134 cm³/mol. The molecule has 0 aliphatic carbocycles. The summed E-state index contributed by atoms with van der Waals surface area (Å²) in [6, 6.07) is 23.5. The molecule has 0 atom stereocenters. The van der Waals surface area contributed by atoms with Crippen molar-refractivity contribution in [1.29, 1.82) is 0 Å². The van der Waals surface area contributed by atoms with Crippen LogP contribution in [0.25, 0.3) is 0 Å². The van der Waals surface area contributed by atoms with Crippen molar-refractivity contribution in [3.05, 3.63) is 90.5 Å². The molecular formula is C25H29Cl2F2N3.